The number of amides is 2. The van der Waals surface area contributed by atoms with Crippen LogP contribution < -0.4 is 10.6 Å². The van der Waals surface area contributed by atoms with Crippen molar-refractivity contribution in [1.82, 2.24) is 10.6 Å². The molecule has 5 heteroatoms. The molecule has 0 aromatic rings. The fraction of sp³-hybridized carbons (Fsp3) is 0.818. The third-order valence-corrected chi connectivity index (χ3v) is 3.39. The number of rotatable bonds is 5. The van der Waals surface area contributed by atoms with Crippen LogP contribution in [0.3, 0.4) is 0 Å². The number of hydrogen-bond donors (Lipinski definition) is 3. The van der Waals surface area contributed by atoms with Crippen LogP contribution in [-0.4, -0.2) is 35.6 Å². The minimum absolute atomic E-state index is 0.0696. The first-order chi connectivity index (χ1) is 7.56. The van der Waals surface area contributed by atoms with Gasteiger partial charge >= 0.3 is 0 Å². The summed E-state index contributed by atoms with van der Waals surface area (Å²) in [6.45, 7) is 4.19. The highest BCUT2D eigenvalue weighted by atomic mass is 16.3. The molecule has 1 fully saturated rings. The molecule has 1 rings (SSSR count). The normalized spacial score (nSPS) is 20.7. The van der Waals surface area contributed by atoms with E-state index in [0.717, 1.165) is 0 Å². The molecule has 1 heterocycles. The van der Waals surface area contributed by atoms with Gasteiger partial charge in [-0.3, -0.25) is 9.59 Å². The highest BCUT2D eigenvalue weighted by molar-refractivity contribution is 5.89. The molecule has 5 nitrogen and oxygen atoms in total. The fourth-order valence-corrected chi connectivity index (χ4v) is 1.84. The van der Waals surface area contributed by atoms with Crippen molar-refractivity contribution in [3.05, 3.63) is 0 Å². The van der Waals surface area contributed by atoms with Crippen molar-refractivity contribution >= 4 is 11.8 Å². The first-order valence-electron chi connectivity index (χ1n) is 5.76. The molecule has 1 saturated heterocycles. The molecule has 92 valence electrons. The summed E-state index contributed by atoms with van der Waals surface area (Å²) < 4.78 is 0. The number of nitrogens with one attached hydrogen (secondary N) is 2. The summed E-state index contributed by atoms with van der Waals surface area (Å²) in [5.74, 6) is -0.518. The van der Waals surface area contributed by atoms with Crippen molar-refractivity contribution in [1.29, 1.82) is 0 Å². The average Bonchev–Trinajstić information content (AvgIpc) is 2.73. The van der Waals surface area contributed by atoms with Crippen molar-refractivity contribution in [3.63, 3.8) is 0 Å². The predicted molar refractivity (Wildman–Crippen MR) is 59.7 cm³/mol. The molecule has 2 amide bonds. The standard InChI is InChI=1S/C11H20N2O3/c1-3-11(4-2,7-14)13-10(16)8-5-9(15)12-6-8/h8,14H,3-7H2,1-2H3,(H,12,15)(H,13,16). The van der Waals surface area contributed by atoms with Crippen LogP contribution in [0, 0.1) is 5.92 Å². The lowest BCUT2D eigenvalue weighted by atomic mass is 9.92. The first-order valence-corrected chi connectivity index (χ1v) is 5.76. The zero-order valence-corrected chi connectivity index (χ0v) is 9.88. The lowest BCUT2D eigenvalue weighted by molar-refractivity contribution is -0.128. The molecule has 1 atom stereocenters. The highest BCUT2D eigenvalue weighted by Crippen LogP contribution is 2.17. The predicted octanol–water partition coefficient (Wildman–Crippen LogP) is -0.210. The second-order valence-corrected chi connectivity index (χ2v) is 4.34. The van der Waals surface area contributed by atoms with E-state index in [1.807, 2.05) is 13.8 Å². The number of aliphatic hydroxyl groups is 1. The Hall–Kier alpha value is -1.10. The van der Waals surface area contributed by atoms with Crippen LogP contribution in [0.1, 0.15) is 33.1 Å². The van der Waals surface area contributed by atoms with E-state index >= 15 is 0 Å². The van der Waals surface area contributed by atoms with Crippen molar-refractivity contribution < 1.29 is 14.7 Å². The van der Waals surface area contributed by atoms with Gasteiger partial charge in [-0.2, -0.15) is 0 Å². The van der Waals surface area contributed by atoms with Gasteiger partial charge in [0.15, 0.2) is 0 Å². The van der Waals surface area contributed by atoms with Crippen molar-refractivity contribution in [2.45, 2.75) is 38.6 Å². The summed E-state index contributed by atoms with van der Waals surface area (Å²) >= 11 is 0. The molecule has 1 aliphatic heterocycles. The molecule has 0 spiro atoms. The van der Waals surface area contributed by atoms with Gasteiger partial charge in [0, 0.05) is 13.0 Å². The van der Waals surface area contributed by atoms with Gasteiger partial charge in [0.2, 0.25) is 11.8 Å². The van der Waals surface area contributed by atoms with E-state index in [-0.39, 0.29) is 30.8 Å². The van der Waals surface area contributed by atoms with Gasteiger partial charge in [0.1, 0.15) is 0 Å². The minimum atomic E-state index is -0.539. The molecule has 0 aromatic heterocycles. The molecular formula is C11H20N2O3. The van der Waals surface area contributed by atoms with Gasteiger partial charge in [0.05, 0.1) is 18.1 Å². The molecule has 1 unspecified atom stereocenters. The zero-order chi connectivity index (χ0) is 12.2. The third kappa shape index (κ3) is 2.72. The van der Waals surface area contributed by atoms with E-state index in [4.69, 9.17) is 0 Å². The van der Waals surface area contributed by atoms with E-state index in [1.165, 1.54) is 0 Å². The number of carbonyl (C=O) groups is 2. The maximum atomic E-state index is 11.9. The van der Waals surface area contributed by atoms with Crippen LogP contribution in [0.2, 0.25) is 0 Å². The smallest absolute Gasteiger partial charge is 0.225 e. The van der Waals surface area contributed by atoms with Crippen LogP contribution in [-0.2, 0) is 9.59 Å². The fourth-order valence-electron chi connectivity index (χ4n) is 1.84. The lowest BCUT2D eigenvalue weighted by Gasteiger charge is -2.31. The Morgan fingerprint density at radius 2 is 2.19 bits per heavy atom. The molecule has 1 aliphatic rings. The van der Waals surface area contributed by atoms with Crippen molar-refractivity contribution in [2.75, 3.05) is 13.2 Å². The second-order valence-electron chi connectivity index (χ2n) is 4.34. The van der Waals surface area contributed by atoms with Gasteiger partial charge < -0.3 is 15.7 Å². The first kappa shape index (κ1) is 13.0. The van der Waals surface area contributed by atoms with Gasteiger partial charge in [0.25, 0.3) is 0 Å². The second kappa shape index (κ2) is 5.30. The van der Waals surface area contributed by atoms with E-state index in [1.54, 1.807) is 0 Å². The van der Waals surface area contributed by atoms with E-state index < -0.39 is 5.54 Å². The summed E-state index contributed by atoms with van der Waals surface area (Å²) in [6, 6.07) is 0. The molecule has 0 aliphatic carbocycles. The van der Waals surface area contributed by atoms with Gasteiger partial charge in [-0.05, 0) is 12.8 Å². The molecule has 0 radical (unpaired) electrons. The number of hydrogen-bond acceptors (Lipinski definition) is 3. The average molecular weight is 228 g/mol. The number of carbonyl (C=O) groups excluding carboxylic acids is 2. The molecule has 3 N–H and O–H groups in total. The minimum Gasteiger partial charge on any atom is -0.394 e. The van der Waals surface area contributed by atoms with Crippen LogP contribution in [0.4, 0.5) is 0 Å². The Balaban J connectivity index is 2.58. The van der Waals surface area contributed by atoms with Crippen molar-refractivity contribution in [3.8, 4) is 0 Å². The molecule has 0 aromatic carbocycles. The summed E-state index contributed by atoms with van der Waals surface area (Å²) in [4.78, 5) is 22.9. The van der Waals surface area contributed by atoms with E-state index in [9.17, 15) is 14.7 Å². The monoisotopic (exact) mass is 228 g/mol. The Bertz CT molecular complexity index is 266. The number of aliphatic hydroxyl groups excluding tert-OH is 1. The highest BCUT2D eigenvalue weighted by Gasteiger charge is 2.33. The summed E-state index contributed by atoms with van der Waals surface area (Å²) in [5, 5.41) is 14.8. The topological polar surface area (TPSA) is 78.4 Å². The largest absolute Gasteiger partial charge is 0.394 e. The Morgan fingerprint density at radius 1 is 1.56 bits per heavy atom. The maximum absolute atomic E-state index is 11.9. The SMILES string of the molecule is CCC(CC)(CO)NC(=O)C1CNC(=O)C1. The summed E-state index contributed by atoms with van der Waals surface area (Å²) in [7, 11) is 0. The van der Waals surface area contributed by atoms with Crippen LogP contribution in [0.15, 0.2) is 0 Å². The molecule has 0 saturated carbocycles. The molecule has 0 bridgehead atoms. The van der Waals surface area contributed by atoms with Crippen LogP contribution in [0.25, 0.3) is 0 Å². The summed E-state index contributed by atoms with van der Waals surface area (Å²) in [5.41, 5.74) is -0.539. The Morgan fingerprint density at radius 3 is 2.56 bits per heavy atom. The third-order valence-electron chi connectivity index (χ3n) is 3.39. The van der Waals surface area contributed by atoms with Gasteiger partial charge in [-0.1, -0.05) is 13.8 Å². The van der Waals surface area contributed by atoms with Gasteiger partial charge in [-0.15, -0.1) is 0 Å². The van der Waals surface area contributed by atoms with Crippen LogP contribution >= 0.6 is 0 Å². The van der Waals surface area contributed by atoms with E-state index in [2.05, 4.69) is 10.6 Å². The molecular weight excluding hydrogens is 208 g/mol. The lowest BCUT2D eigenvalue weighted by Crippen LogP contribution is -2.52. The Labute approximate surface area is 95.6 Å². The van der Waals surface area contributed by atoms with E-state index in [0.29, 0.717) is 19.4 Å². The Kier molecular flexibility index (Phi) is 4.29. The zero-order valence-electron chi connectivity index (χ0n) is 9.88. The van der Waals surface area contributed by atoms with Gasteiger partial charge in [-0.25, -0.2) is 0 Å². The summed E-state index contributed by atoms with van der Waals surface area (Å²) in [6.07, 6.45) is 1.61. The van der Waals surface area contributed by atoms with Crippen LogP contribution in [0.5, 0.6) is 0 Å². The quantitative estimate of drug-likeness (QED) is 0.609. The maximum Gasteiger partial charge on any atom is 0.225 e. The van der Waals surface area contributed by atoms with Crippen molar-refractivity contribution in [2.24, 2.45) is 5.92 Å². The molecule has 16 heavy (non-hydrogen) atoms.